The Morgan fingerprint density at radius 1 is 1.03 bits per heavy atom. The van der Waals surface area contributed by atoms with Crippen LogP contribution in [0.2, 0.25) is 0 Å². The summed E-state index contributed by atoms with van der Waals surface area (Å²) in [5.41, 5.74) is 3.37. The molecule has 4 rings (SSSR count). The first kappa shape index (κ1) is 21.6. The van der Waals surface area contributed by atoms with Gasteiger partial charge in [0.05, 0.1) is 22.9 Å². The van der Waals surface area contributed by atoms with E-state index in [1.54, 1.807) is 36.5 Å². The van der Waals surface area contributed by atoms with Crippen molar-refractivity contribution in [2.75, 3.05) is 44.6 Å². The second-order valence-corrected chi connectivity index (χ2v) is 7.53. The third-order valence-electron chi connectivity index (χ3n) is 5.22. The van der Waals surface area contributed by atoms with Crippen molar-refractivity contribution in [2.24, 2.45) is 0 Å². The number of allylic oxidation sites excluding steroid dienone is 1. The molecule has 1 aliphatic heterocycles. The van der Waals surface area contributed by atoms with Gasteiger partial charge in [-0.15, -0.1) is 0 Å². The number of para-hydroxylation sites is 2. The molecule has 8 heteroatoms. The lowest BCUT2D eigenvalue weighted by Gasteiger charge is -2.27. The van der Waals surface area contributed by atoms with Gasteiger partial charge in [0.25, 0.3) is 0 Å². The van der Waals surface area contributed by atoms with Crippen LogP contribution in [-0.4, -0.2) is 66.0 Å². The highest BCUT2D eigenvalue weighted by atomic mass is 16.2. The van der Waals surface area contributed by atoms with Crippen LogP contribution in [0.25, 0.3) is 17.1 Å². The lowest BCUT2D eigenvalue weighted by atomic mass is 10.1. The Kier molecular flexibility index (Phi) is 7.16. The van der Waals surface area contributed by atoms with Gasteiger partial charge in [0.2, 0.25) is 0 Å². The second-order valence-electron chi connectivity index (χ2n) is 7.53. The molecule has 0 radical (unpaired) electrons. The van der Waals surface area contributed by atoms with Crippen molar-refractivity contribution >= 4 is 34.6 Å². The molecular formula is C24H26N6O2. The number of hydrogen-bond donors (Lipinski definition) is 3. The average molecular weight is 431 g/mol. The first-order valence-corrected chi connectivity index (χ1v) is 10.7. The van der Waals surface area contributed by atoms with E-state index in [1.165, 1.54) is 6.08 Å². The number of ketones is 1. The number of nitrogens with one attached hydrogen (secondary N) is 3. The number of amides is 2. The predicted octanol–water partition coefficient (Wildman–Crippen LogP) is 2.55. The van der Waals surface area contributed by atoms with E-state index in [2.05, 4.69) is 30.8 Å². The maximum absolute atomic E-state index is 12.5. The number of benzene rings is 2. The molecule has 164 valence electrons. The predicted molar refractivity (Wildman–Crippen MR) is 126 cm³/mol. The average Bonchev–Trinajstić information content (AvgIpc) is 2.83. The minimum atomic E-state index is -0.256. The molecule has 0 unspecified atom stereocenters. The zero-order chi connectivity index (χ0) is 22.2. The molecule has 8 nitrogen and oxygen atoms in total. The summed E-state index contributed by atoms with van der Waals surface area (Å²) in [6, 6.07) is 14.1. The highest BCUT2D eigenvalue weighted by Gasteiger charge is 2.09. The van der Waals surface area contributed by atoms with E-state index in [0.717, 1.165) is 43.8 Å². The molecule has 0 bridgehead atoms. The number of nitrogens with zero attached hydrogens (tertiary/aromatic N) is 3. The minimum Gasteiger partial charge on any atom is -0.337 e. The van der Waals surface area contributed by atoms with E-state index < -0.39 is 0 Å². The molecule has 0 spiro atoms. The monoisotopic (exact) mass is 430 g/mol. The number of hydrogen-bond acceptors (Lipinski definition) is 6. The number of anilines is 1. The fourth-order valence-electron chi connectivity index (χ4n) is 3.46. The molecule has 1 saturated heterocycles. The molecule has 2 amide bonds. The van der Waals surface area contributed by atoms with Gasteiger partial charge in [0.15, 0.2) is 5.78 Å². The zero-order valence-corrected chi connectivity index (χ0v) is 17.8. The van der Waals surface area contributed by atoms with Crippen LogP contribution in [-0.2, 0) is 0 Å². The number of carbonyl (C=O) groups excluding carboxylic acids is 2. The van der Waals surface area contributed by atoms with Crippen LogP contribution in [0.4, 0.5) is 10.5 Å². The summed E-state index contributed by atoms with van der Waals surface area (Å²) in [6.45, 7) is 5.40. The van der Waals surface area contributed by atoms with Crippen molar-refractivity contribution in [3.05, 3.63) is 72.1 Å². The van der Waals surface area contributed by atoms with Gasteiger partial charge >= 0.3 is 6.03 Å². The summed E-state index contributed by atoms with van der Waals surface area (Å²) >= 11 is 0. The van der Waals surface area contributed by atoms with E-state index in [9.17, 15) is 9.59 Å². The first-order valence-electron chi connectivity index (χ1n) is 10.7. The molecule has 1 aliphatic rings. The van der Waals surface area contributed by atoms with Gasteiger partial charge < -0.3 is 16.0 Å². The lowest BCUT2D eigenvalue weighted by Crippen LogP contribution is -2.46. The smallest absolute Gasteiger partial charge is 0.319 e. The van der Waals surface area contributed by atoms with E-state index in [-0.39, 0.29) is 11.8 Å². The zero-order valence-electron chi connectivity index (χ0n) is 17.8. The topological polar surface area (TPSA) is 99.2 Å². The normalized spacial score (nSPS) is 14.5. The summed E-state index contributed by atoms with van der Waals surface area (Å²) in [5, 5.41) is 8.96. The summed E-state index contributed by atoms with van der Waals surface area (Å²) in [5.74, 6) is -0.146. The quantitative estimate of drug-likeness (QED) is 0.394. The van der Waals surface area contributed by atoms with Crippen molar-refractivity contribution in [1.82, 2.24) is 25.5 Å². The summed E-state index contributed by atoms with van der Waals surface area (Å²) in [6.07, 6.45) is 4.77. The number of rotatable bonds is 7. The Bertz CT molecular complexity index is 1110. The van der Waals surface area contributed by atoms with E-state index in [1.807, 2.05) is 24.3 Å². The first-order chi connectivity index (χ1) is 15.7. The molecule has 1 fully saturated rings. The molecule has 0 saturated carbocycles. The molecule has 32 heavy (non-hydrogen) atoms. The van der Waals surface area contributed by atoms with Gasteiger partial charge in [0.1, 0.15) is 0 Å². The molecule has 3 aromatic rings. The van der Waals surface area contributed by atoms with Crippen LogP contribution in [0.3, 0.4) is 0 Å². The van der Waals surface area contributed by atoms with Gasteiger partial charge in [-0.05, 0) is 48.6 Å². The number of urea groups is 1. The third kappa shape index (κ3) is 5.96. The molecule has 0 atom stereocenters. The van der Waals surface area contributed by atoms with Crippen molar-refractivity contribution in [3.63, 3.8) is 0 Å². The maximum Gasteiger partial charge on any atom is 0.319 e. The second kappa shape index (κ2) is 10.6. The van der Waals surface area contributed by atoms with E-state index in [4.69, 9.17) is 0 Å². The Morgan fingerprint density at radius 3 is 2.56 bits per heavy atom. The Hall–Kier alpha value is -3.62. The van der Waals surface area contributed by atoms with E-state index in [0.29, 0.717) is 23.5 Å². The third-order valence-corrected chi connectivity index (χ3v) is 5.22. The standard InChI is InChI=1S/C24H26N6O2/c31-23(10-9-20-17-27-21-3-1-2-4-22(21)28-20)18-5-7-19(8-6-18)29-24(32)26-13-16-30-14-11-25-12-15-30/h1-10,17,25H,11-16H2,(H2,26,29,32). The Labute approximate surface area is 186 Å². The van der Waals surface area contributed by atoms with Crippen molar-refractivity contribution in [3.8, 4) is 0 Å². The fourth-order valence-corrected chi connectivity index (χ4v) is 3.46. The summed E-state index contributed by atoms with van der Waals surface area (Å²) in [7, 11) is 0. The number of carbonyl (C=O) groups is 2. The summed E-state index contributed by atoms with van der Waals surface area (Å²) < 4.78 is 0. The fraction of sp³-hybridized carbons (Fsp3) is 0.250. The number of fused-ring (bicyclic) bond motifs is 1. The lowest BCUT2D eigenvalue weighted by molar-refractivity contribution is 0.104. The highest BCUT2D eigenvalue weighted by molar-refractivity contribution is 6.07. The van der Waals surface area contributed by atoms with Crippen LogP contribution in [0.15, 0.2) is 60.8 Å². The molecule has 0 aliphatic carbocycles. The van der Waals surface area contributed by atoms with Gasteiger partial charge in [-0.2, -0.15) is 0 Å². The molecule has 1 aromatic heterocycles. The van der Waals surface area contributed by atoms with Crippen LogP contribution < -0.4 is 16.0 Å². The molecule has 3 N–H and O–H groups in total. The highest BCUT2D eigenvalue weighted by Crippen LogP contribution is 2.12. The van der Waals surface area contributed by atoms with Crippen molar-refractivity contribution < 1.29 is 9.59 Å². The molecule has 2 aromatic carbocycles. The Balaban J connectivity index is 1.27. The minimum absolute atomic E-state index is 0.146. The van der Waals surface area contributed by atoms with Crippen LogP contribution in [0.5, 0.6) is 0 Å². The van der Waals surface area contributed by atoms with Gasteiger partial charge in [0, 0.05) is 50.5 Å². The largest absolute Gasteiger partial charge is 0.337 e. The van der Waals surface area contributed by atoms with Crippen molar-refractivity contribution in [2.45, 2.75) is 0 Å². The van der Waals surface area contributed by atoms with Gasteiger partial charge in [-0.25, -0.2) is 9.78 Å². The Morgan fingerprint density at radius 2 is 1.78 bits per heavy atom. The molecular weight excluding hydrogens is 404 g/mol. The molecule has 2 heterocycles. The number of piperazine rings is 1. The summed E-state index contributed by atoms with van der Waals surface area (Å²) in [4.78, 5) is 35.7. The maximum atomic E-state index is 12.5. The van der Waals surface area contributed by atoms with Crippen LogP contribution >= 0.6 is 0 Å². The number of aromatic nitrogens is 2. The van der Waals surface area contributed by atoms with Gasteiger partial charge in [-0.3, -0.25) is 14.7 Å². The van der Waals surface area contributed by atoms with Crippen LogP contribution in [0, 0.1) is 0 Å². The van der Waals surface area contributed by atoms with Crippen molar-refractivity contribution in [1.29, 1.82) is 0 Å². The van der Waals surface area contributed by atoms with E-state index >= 15 is 0 Å². The van der Waals surface area contributed by atoms with Gasteiger partial charge in [-0.1, -0.05) is 12.1 Å². The van der Waals surface area contributed by atoms with Crippen LogP contribution in [0.1, 0.15) is 16.1 Å². The SMILES string of the molecule is O=C(NCCN1CCNCC1)Nc1ccc(C(=O)C=Cc2cnc3ccccc3n2)cc1.